The Morgan fingerprint density at radius 1 is 1.08 bits per heavy atom. The average Bonchev–Trinajstić information content (AvgIpc) is 2.87. The molecule has 0 saturated heterocycles. The lowest BCUT2D eigenvalue weighted by Gasteiger charge is -2.25. The van der Waals surface area contributed by atoms with Gasteiger partial charge >= 0.3 is 0 Å². The van der Waals surface area contributed by atoms with E-state index >= 15 is 0 Å². The first-order valence-corrected chi connectivity index (χ1v) is 13.8. The van der Waals surface area contributed by atoms with Gasteiger partial charge in [0.1, 0.15) is 5.75 Å². The van der Waals surface area contributed by atoms with Gasteiger partial charge in [0.05, 0.1) is 31.6 Å². The molecule has 0 aromatic heterocycles. The van der Waals surface area contributed by atoms with E-state index in [4.69, 9.17) is 9.84 Å². The Kier molecular flexibility index (Phi) is 15.4. The largest absolute Gasteiger partial charge is 0.497 e. The molecule has 0 bridgehead atoms. The Morgan fingerprint density at radius 3 is 2.43 bits per heavy atom. The van der Waals surface area contributed by atoms with Gasteiger partial charge in [-0.25, -0.2) is 8.42 Å². The van der Waals surface area contributed by atoms with Gasteiger partial charge in [0.25, 0.3) is 0 Å². The molecule has 0 fully saturated rings. The maximum absolute atomic E-state index is 12.7. The molecule has 11 heteroatoms. The summed E-state index contributed by atoms with van der Waals surface area (Å²) < 4.78 is 31.7. The number of hydrogen-bond acceptors (Lipinski definition) is 7. The Hall–Kier alpha value is -2.21. The number of amides is 1. The second-order valence-corrected chi connectivity index (χ2v) is 10.7. The highest BCUT2D eigenvalue weighted by Gasteiger charge is 2.25. The third-order valence-corrected chi connectivity index (χ3v) is 7.60. The molecule has 37 heavy (non-hydrogen) atoms. The van der Waals surface area contributed by atoms with E-state index in [1.165, 1.54) is 4.31 Å². The number of benzene rings is 2. The molecule has 9 nitrogen and oxygen atoms in total. The smallest absolute Gasteiger partial charge is 0.221 e. The molecule has 0 aliphatic heterocycles. The van der Waals surface area contributed by atoms with Gasteiger partial charge in [-0.05, 0) is 36.1 Å². The van der Waals surface area contributed by atoms with Crippen LogP contribution in [0, 0.1) is 0 Å². The van der Waals surface area contributed by atoms with Crippen molar-refractivity contribution in [2.24, 2.45) is 0 Å². The topological polar surface area (TPSA) is 128 Å². The summed E-state index contributed by atoms with van der Waals surface area (Å²) in [6.45, 7) is 2.61. The highest BCUT2D eigenvalue weighted by molar-refractivity contribution is 7.89. The number of hydrogen-bond donors (Lipinski definition) is 4. The molecule has 2 atom stereocenters. The number of nitrogens with zero attached hydrogens (tertiary/aromatic N) is 1. The summed E-state index contributed by atoms with van der Waals surface area (Å²) in [6.07, 6.45) is -0.126. The van der Waals surface area contributed by atoms with Crippen LogP contribution in [-0.2, 0) is 27.8 Å². The van der Waals surface area contributed by atoms with Crippen molar-refractivity contribution < 1.29 is 28.2 Å². The molecule has 0 aliphatic rings. The molecule has 208 valence electrons. The van der Waals surface area contributed by atoms with Gasteiger partial charge in [-0.1, -0.05) is 49.4 Å². The summed E-state index contributed by atoms with van der Waals surface area (Å²) in [5.74, 6) is -0.0662. The van der Waals surface area contributed by atoms with Crippen molar-refractivity contribution in [1.29, 1.82) is 0 Å². The van der Waals surface area contributed by atoms with Crippen LogP contribution in [0.3, 0.4) is 0 Å². The van der Waals surface area contributed by atoms with Crippen molar-refractivity contribution in [3.8, 4) is 5.75 Å². The normalized spacial score (nSPS) is 13.0. The predicted molar refractivity (Wildman–Crippen MR) is 147 cm³/mol. The number of carbonyl (C=O) groups is 1. The van der Waals surface area contributed by atoms with E-state index in [0.717, 1.165) is 16.9 Å². The van der Waals surface area contributed by atoms with Crippen LogP contribution in [0.25, 0.3) is 0 Å². The van der Waals surface area contributed by atoms with Gasteiger partial charge in [-0.3, -0.25) is 4.79 Å². The van der Waals surface area contributed by atoms with Crippen molar-refractivity contribution in [3.05, 3.63) is 65.7 Å². The van der Waals surface area contributed by atoms with E-state index in [1.54, 1.807) is 7.11 Å². The third-order valence-electron chi connectivity index (χ3n) is 5.73. The number of aliphatic hydroxyl groups excluding tert-OH is 2. The van der Waals surface area contributed by atoms with E-state index in [9.17, 15) is 18.3 Å². The fourth-order valence-corrected chi connectivity index (χ4v) is 5.34. The molecule has 2 aromatic carbocycles. The number of sulfonamides is 1. The Bertz CT molecular complexity index is 1020. The monoisotopic (exact) mass is 557 g/mol. The van der Waals surface area contributed by atoms with Crippen LogP contribution >= 0.6 is 12.4 Å². The number of methoxy groups -OCH3 is 1. The fourth-order valence-electron chi connectivity index (χ4n) is 3.82. The summed E-state index contributed by atoms with van der Waals surface area (Å²) in [7, 11) is -2.08. The number of rotatable bonds is 17. The van der Waals surface area contributed by atoms with Crippen molar-refractivity contribution in [3.63, 3.8) is 0 Å². The second kappa shape index (κ2) is 17.3. The first-order chi connectivity index (χ1) is 17.3. The van der Waals surface area contributed by atoms with Crippen molar-refractivity contribution in [2.75, 3.05) is 39.1 Å². The first-order valence-electron chi connectivity index (χ1n) is 12.2. The minimum Gasteiger partial charge on any atom is -0.497 e. The van der Waals surface area contributed by atoms with Crippen molar-refractivity contribution in [1.82, 2.24) is 14.9 Å². The SMILES string of the molecule is CCCN(CCO)S(=O)(=O)CCC(=O)N[C@@H](Cc1ccccc1)[C@H](O)CNCc1cccc(OC)c1.Cl. The molecular weight excluding hydrogens is 518 g/mol. The summed E-state index contributed by atoms with van der Waals surface area (Å²) in [6, 6.07) is 16.5. The summed E-state index contributed by atoms with van der Waals surface area (Å²) in [4.78, 5) is 12.7. The molecule has 0 radical (unpaired) electrons. The maximum Gasteiger partial charge on any atom is 0.221 e. The molecule has 2 rings (SSSR count). The van der Waals surface area contributed by atoms with E-state index in [-0.39, 0.29) is 44.3 Å². The summed E-state index contributed by atoms with van der Waals surface area (Å²) in [5, 5.41) is 26.1. The van der Waals surface area contributed by atoms with Crippen LogP contribution in [-0.4, -0.2) is 80.1 Å². The quantitative estimate of drug-likeness (QED) is 0.233. The lowest BCUT2D eigenvalue weighted by molar-refractivity contribution is -0.122. The molecule has 0 heterocycles. The Balaban J connectivity index is 0.00000684. The van der Waals surface area contributed by atoms with E-state index in [1.807, 2.05) is 61.5 Å². The van der Waals surface area contributed by atoms with Crippen LogP contribution in [0.5, 0.6) is 5.75 Å². The fraction of sp³-hybridized carbons (Fsp3) is 0.500. The van der Waals surface area contributed by atoms with E-state index in [2.05, 4.69) is 10.6 Å². The van der Waals surface area contributed by atoms with Crippen LogP contribution in [0.4, 0.5) is 0 Å². The number of nitrogens with one attached hydrogen (secondary N) is 2. The minimum absolute atomic E-state index is 0. The van der Waals surface area contributed by atoms with Gasteiger partial charge in [-0.15, -0.1) is 12.4 Å². The number of aliphatic hydroxyl groups is 2. The zero-order chi connectivity index (χ0) is 26.4. The van der Waals surface area contributed by atoms with E-state index < -0.39 is 28.1 Å². The number of carbonyl (C=O) groups excluding carboxylic acids is 1. The molecule has 0 saturated carbocycles. The third kappa shape index (κ3) is 11.8. The second-order valence-electron chi connectivity index (χ2n) is 8.60. The predicted octanol–water partition coefficient (Wildman–Crippen LogP) is 1.72. The van der Waals surface area contributed by atoms with Gasteiger partial charge in [0.15, 0.2) is 0 Å². The summed E-state index contributed by atoms with van der Waals surface area (Å²) in [5.41, 5.74) is 1.94. The highest BCUT2D eigenvalue weighted by atomic mass is 35.5. The molecule has 0 spiro atoms. The number of ether oxygens (including phenoxy) is 1. The Labute approximate surface area is 226 Å². The maximum atomic E-state index is 12.7. The standard InChI is InChI=1S/C26H39N3O6S.ClH/c1-3-13-29(14-15-30)36(33,34)16-12-26(32)28-24(18-21-8-5-4-6-9-21)25(31)20-27-19-22-10-7-11-23(17-22)35-2;/h4-11,17,24-25,27,30-31H,3,12-16,18-20H2,1-2H3,(H,28,32);1H/t24-,25+;/m0./s1. The number of halogens is 1. The van der Waals surface area contributed by atoms with Crippen LogP contribution in [0.1, 0.15) is 30.9 Å². The molecule has 2 aromatic rings. The van der Waals surface area contributed by atoms with Crippen LogP contribution < -0.4 is 15.4 Å². The van der Waals surface area contributed by atoms with Crippen molar-refractivity contribution >= 4 is 28.3 Å². The zero-order valence-corrected chi connectivity index (χ0v) is 23.1. The molecular formula is C26H40ClN3O6S. The molecule has 4 N–H and O–H groups in total. The average molecular weight is 558 g/mol. The van der Waals surface area contributed by atoms with Crippen LogP contribution in [0.2, 0.25) is 0 Å². The zero-order valence-electron chi connectivity index (χ0n) is 21.5. The van der Waals surface area contributed by atoms with E-state index in [0.29, 0.717) is 25.9 Å². The van der Waals surface area contributed by atoms with Gasteiger partial charge in [-0.2, -0.15) is 4.31 Å². The van der Waals surface area contributed by atoms with Crippen LogP contribution in [0.15, 0.2) is 54.6 Å². The van der Waals surface area contributed by atoms with Gasteiger partial charge < -0.3 is 25.6 Å². The lowest BCUT2D eigenvalue weighted by atomic mass is 10.0. The summed E-state index contributed by atoms with van der Waals surface area (Å²) >= 11 is 0. The Morgan fingerprint density at radius 2 is 1.78 bits per heavy atom. The molecule has 1 amide bonds. The van der Waals surface area contributed by atoms with Crippen molar-refractivity contribution in [2.45, 2.75) is 44.9 Å². The lowest BCUT2D eigenvalue weighted by Crippen LogP contribution is -2.49. The molecule has 0 unspecified atom stereocenters. The van der Waals surface area contributed by atoms with Gasteiger partial charge in [0.2, 0.25) is 15.9 Å². The first kappa shape index (κ1) is 32.8. The minimum atomic E-state index is -3.68. The van der Waals surface area contributed by atoms with Gasteiger partial charge in [0, 0.05) is 32.6 Å². The highest BCUT2D eigenvalue weighted by Crippen LogP contribution is 2.13. The molecule has 0 aliphatic carbocycles.